The molecule has 7 nitrogen and oxygen atoms in total. The van der Waals surface area contributed by atoms with E-state index in [1.807, 2.05) is 19.9 Å². The molecule has 2 N–H and O–H groups in total. The van der Waals surface area contributed by atoms with Crippen LogP contribution in [0.15, 0.2) is 23.0 Å². The van der Waals surface area contributed by atoms with Crippen molar-refractivity contribution in [3.8, 4) is 5.75 Å². The fraction of sp³-hybridized carbons (Fsp3) is 0.526. The molecule has 0 saturated heterocycles. The van der Waals surface area contributed by atoms with E-state index in [4.69, 9.17) is 9.26 Å². The summed E-state index contributed by atoms with van der Waals surface area (Å²) in [4.78, 5) is 16.7. The van der Waals surface area contributed by atoms with Gasteiger partial charge in [-0.1, -0.05) is 5.16 Å². The highest BCUT2D eigenvalue weighted by atomic mass is 16.5. The number of carbonyl (C=O) groups is 1. The topological polar surface area (TPSA) is 97.5 Å². The van der Waals surface area contributed by atoms with Gasteiger partial charge in [-0.3, -0.25) is 9.78 Å². The van der Waals surface area contributed by atoms with E-state index in [1.54, 1.807) is 19.5 Å². The van der Waals surface area contributed by atoms with Crippen LogP contribution in [0, 0.1) is 19.8 Å². The lowest BCUT2D eigenvalue weighted by atomic mass is 9.75. The molecule has 1 atom stereocenters. The smallest absolute Gasteiger partial charge is 0.220 e. The molecule has 26 heavy (non-hydrogen) atoms. The van der Waals surface area contributed by atoms with Crippen LogP contribution < -0.4 is 10.1 Å². The van der Waals surface area contributed by atoms with Crippen LogP contribution in [-0.4, -0.2) is 34.4 Å². The standard InChI is InChI=1S/C19H25N3O4/c1-11-17(12(2)26-22-11)4-5-18(24)21-19(13-6-15(23)7-13)14-8-16(25-3)10-20-9-14/h8-10,13,15,19,23H,4-7H2,1-3H3,(H,21,24). The molecular formula is C19H25N3O4. The number of carbonyl (C=O) groups excluding carboxylic acids is 1. The van der Waals surface area contributed by atoms with Crippen molar-refractivity contribution in [1.29, 1.82) is 0 Å². The Hall–Kier alpha value is -2.41. The van der Waals surface area contributed by atoms with E-state index in [0.717, 1.165) is 22.6 Å². The second kappa shape index (κ2) is 7.86. The minimum Gasteiger partial charge on any atom is -0.495 e. The van der Waals surface area contributed by atoms with E-state index in [9.17, 15) is 9.90 Å². The third kappa shape index (κ3) is 4.04. The van der Waals surface area contributed by atoms with E-state index >= 15 is 0 Å². The summed E-state index contributed by atoms with van der Waals surface area (Å²) in [7, 11) is 1.59. The third-order valence-electron chi connectivity index (χ3n) is 5.05. The molecule has 0 aliphatic heterocycles. The highest BCUT2D eigenvalue weighted by molar-refractivity contribution is 5.76. The lowest BCUT2D eigenvalue weighted by molar-refractivity contribution is -0.123. The number of rotatable bonds is 7. The molecule has 1 aliphatic carbocycles. The Morgan fingerprint density at radius 1 is 1.42 bits per heavy atom. The van der Waals surface area contributed by atoms with E-state index in [1.165, 1.54) is 0 Å². The molecule has 1 aliphatic rings. The van der Waals surface area contributed by atoms with Gasteiger partial charge < -0.3 is 19.7 Å². The fourth-order valence-corrected chi connectivity index (χ4v) is 3.44. The highest BCUT2D eigenvalue weighted by Gasteiger charge is 2.36. The summed E-state index contributed by atoms with van der Waals surface area (Å²) < 4.78 is 10.4. The Bertz CT molecular complexity index is 748. The molecule has 2 heterocycles. The third-order valence-corrected chi connectivity index (χ3v) is 5.05. The van der Waals surface area contributed by atoms with Gasteiger partial charge in [-0.15, -0.1) is 0 Å². The number of methoxy groups -OCH3 is 1. The first-order chi connectivity index (χ1) is 12.5. The number of hydrogen-bond acceptors (Lipinski definition) is 6. The van der Waals surface area contributed by atoms with Crippen molar-refractivity contribution in [3.63, 3.8) is 0 Å². The monoisotopic (exact) mass is 359 g/mol. The molecule has 2 aromatic rings. The number of aliphatic hydroxyl groups excluding tert-OH is 1. The summed E-state index contributed by atoms with van der Waals surface area (Å²) in [6, 6.07) is 1.70. The van der Waals surface area contributed by atoms with Gasteiger partial charge in [0.25, 0.3) is 0 Å². The summed E-state index contributed by atoms with van der Waals surface area (Å²) in [5, 5.41) is 16.7. The van der Waals surface area contributed by atoms with Crippen LogP contribution in [0.5, 0.6) is 5.75 Å². The summed E-state index contributed by atoms with van der Waals surface area (Å²) in [6.45, 7) is 3.73. The molecular weight excluding hydrogens is 334 g/mol. The van der Waals surface area contributed by atoms with Gasteiger partial charge in [-0.25, -0.2) is 0 Å². The Kier molecular flexibility index (Phi) is 5.56. The SMILES string of the molecule is COc1cncc(C(NC(=O)CCc2c(C)noc2C)C2CC(O)C2)c1. The quantitative estimate of drug-likeness (QED) is 0.787. The Balaban J connectivity index is 1.68. The van der Waals surface area contributed by atoms with Crippen molar-refractivity contribution < 1.29 is 19.2 Å². The number of aryl methyl sites for hydroxylation is 2. The molecule has 0 bridgehead atoms. The van der Waals surface area contributed by atoms with Crippen LogP contribution in [0.3, 0.4) is 0 Å². The first kappa shape index (κ1) is 18.4. The Morgan fingerprint density at radius 2 is 2.19 bits per heavy atom. The first-order valence-electron chi connectivity index (χ1n) is 8.86. The Morgan fingerprint density at radius 3 is 2.81 bits per heavy atom. The van der Waals surface area contributed by atoms with Crippen LogP contribution in [-0.2, 0) is 11.2 Å². The maximum Gasteiger partial charge on any atom is 0.220 e. The molecule has 1 fully saturated rings. The number of amides is 1. The van der Waals surface area contributed by atoms with Crippen molar-refractivity contribution in [2.24, 2.45) is 5.92 Å². The predicted octanol–water partition coefficient (Wildman–Crippen LogP) is 2.26. The van der Waals surface area contributed by atoms with Crippen molar-refractivity contribution >= 4 is 5.91 Å². The zero-order valence-electron chi connectivity index (χ0n) is 15.4. The molecule has 0 spiro atoms. The van der Waals surface area contributed by atoms with Gasteiger partial charge in [-0.2, -0.15) is 0 Å². The van der Waals surface area contributed by atoms with Crippen LogP contribution >= 0.6 is 0 Å². The first-order valence-corrected chi connectivity index (χ1v) is 8.86. The zero-order chi connectivity index (χ0) is 18.7. The number of hydrogen-bond donors (Lipinski definition) is 2. The summed E-state index contributed by atoms with van der Waals surface area (Å²) in [5.74, 6) is 1.56. The van der Waals surface area contributed by atoms with Crippen LogP contribution in [0.4, 0.5) is 0 Å². The van der Waals surface area contributed by atoms with Gasteiger partial charge in [0.15, 0.2) is 0 Å². The van der Waals surface area contributed by atoms with Crippen LogP contribution in [0.25, 0.3) is 0 Å². The average molecular weight is 359 g/mol. The van der Waals surface area contributed by atoms with E-state index in [2.05, 4.69) is 15.5 Å². The maximum absolute atomic E-state index is 12.5. The lowest BCUT2D eigenvalue weighted by Gasteiger charge is -2.38. The largest absolute Gasteiger partial charge is 0.495 e. The second-order valence-electron chi connectivity index (χ2n) is 6.89. The highest BCUT2D eigenvalue weighted by Crippen LogP contribution is 2.38. The van der Waals surface area contributed by atoms with Gasteiger partial charge in [0.2, 0.25) is 5.91 Å². The number of aliphatic hydroxyl groups is 1. The molecule has 0 aromatic carbocycles. The molecule has 1 saturated carbocycles. The van der Waals surface area contributed by atoms with E-state index < -0.39 is 0 Å². The molecule has 0 radical (unpaired) electrons. The van der Waals surface area contributed by atoms with Gasteiger partial charge in [0, 0.05) is 18.2 Å². The number of aromatic nitrogens is 2. The maximum atomic E-state index is 12.5. The molecule has 3 rings (SSSR count). The molecule has 1 unspecified atom stereocenters. The van der Waals surface area contributed by atoms with E-state index in [-0.39, 0.29) is 24.0 Å². The minimum atomic E-state index is -0.291. The van der Waals surface area contributed by atoms with Crippen LogP contribution in [0.1, 0.15) is 47.9 Å². The Labute approximate surface area is 152 Å². The van der Waals surface area contributed by atoms with Gasteiger partial charge in [0.05, 0.1) is 31.1 Å². The summed E-state index contributed by atoms with van der Waals surface area (Å²) in [5.41, 5.74) is 2.71. The summed E-state index contributed by atoms with van der Waals surface area (Å²) in [6.07, 6.45) is 5.37. The number of pyridine rings is 1. The molecule has 1 amide bonds. The van der Waals surface area contributed by atoms with Crippen molar-refractivity contribution in [1.82, 2.24) is 15.5 Å². The minimum absolute atomic E-state index is 0.0424. The number of nitrogens with zero attached hydrogens (tertiary/aromatic N) is 2. The zero-order valence-corrected chi connectivity index (χ0v) is 15.4. The van der Waals surface area contributed by atoms with E-state index in [0.29, 0.717) is 31.4 Å². The van der Waals surface area contributed by atoms with Gasteiger partial charge in [-0.05, 0) is 50.7 Å². The molecule has 7 heteroatoms. The predicted molar refractivity (Wildman–Crippen MR) is 94.7 cm³/mol. The second-order valence-corrected chi connectivity index (χ2v) is 6.89. The van der Waals surface area contributed by atoms with Crippen LogP contribution in [0.2, 0.25) is 0 Å². The molecule has 2 aromatic heterocycles. The lowest BCUT2D eigenvalue weighted by Crippen LogP contribution is -2.41. The molecule has 140 valence electrons. The van der Waals surface area contributed by atoms with Crippen molar-refractivity contribution in [3.05, 3.63) is 41.0 Å². The van der Waals surface area contributed by atoms with Crippen molar-refractivity contribution in [2.75, 3.05) is 7.11 Å². The van der Waals surface area contributed by atoms with Gasteiger partial charge >= 0.3 is 0 Å². The van der Waals surface area contributed by atoms with Gasteiger partial charge in [0.1, 0.15) is 11.5 Å². The van der Waals surface area contributed by atoms with Crippen molar-refractivity contribution in [2.45, 2.75) is 51.7 Å². The normalized spacial score (nSPS) is 20.3. The average Bonchev–Trinajstić information content (AvgIpc) is 2.93. The fourth-order valence-electron chi connectivity index (χ4n) is 3.44. The number of nitrogens with one attached hydrogen (secondary N) is 1. The summed E-state index contributed by atoms with van der Waals surface area (Å²) >= 11 is 0. The number of ether oxygens (including phenoxy) is 1.